The highest BCUT2D eigenvalue weighted by molar-refractivity contribution is 6.31. The van der Waals surface area contributed by atoms with Crippen LogP contribution in [0.2, 0.25) is 0 Å². The minimum absolute atomic E-state index is 0.0468. The molecule has 0 bridgehead atoms. The third kappa shape index (κ3) is 5.84. The largest absolute Gasteiger partial charge is 0.514 e. The van der Waals surface area contributed by atoms with Crippen molar-refractivity contribution in [1.82, 2.24) is 5.06 Å². The molecule has 0 radical (unpaired) electrons. The molecular formula is C34H31NO9. The average Bonchev–Trinajstić information content (AvgIpc) is 3.14. The van der Waals surface area contributed by atoms with Gasteiger partial charge in [-0.25, -0.2) is 9.59 Å². The van der Waals surface area contributed by atoms with E-state index in [1.165, 1.54) is 12.1 Å². The summed E-state index contributed by atoms with van der Waals surface area (Å²) in [5.41, 5.74) is -0.721. The number of para-hydroxylation sites is 2. The van der Waals surface area contributed by atoms with Crippen LogP contribution >= 0.6 is 0 Å². The van der Waals surface area contributed by atoms with E-state index in [0.29, 0.717) is 21.9 Å². The van der Waals surface area contributed by atoms with Crippen molar-refractivity contribution in [2.75, 3.05) is 0 Å². The molecule has 0 atom stereocenters. The molecule has 0 saturated carbocycles. The Morgan fingerprint density at radius 2 is 0.909 bits per heavy atom. The second-order valence-electron chi connectivity index (χ2n) is 12.1. The number of amides is 2. The Morgan fingerprint density at radius 1 is 0.568 bits per heavy atom. The van der Waals surface area contributed by atoms with E-state index in [9.17, 15) is 24.4 Å². The van der Waals surface area contributed by atoms with Gasteiger partial charge < -0.3 is 18.9 Å². The maximum atomic E-state index is 13.6. The number of imide groups is 1. The fourth-order valence-corrected chi connectivity index (χ4v) is 4.98. The number of hydrogen-bond donors (Lipinski definition) is 1. The molecule has 5 rings (SSSR count). The highest BCUT2D eigenvalue weighted by atomic mass is 16.7. The first-order valence-electron chi connectivity index (χ1n) is 13.8. The molecule has 0 fully saturated rings. The van der Waals surface area contributed by atoms with Gasteiger partial charge in [-0.1, -0.05) is 60.7 Å². The Labute approximate surface area is 253 Å². The highest BCUT2D eigenvalue weighted by Crippen LogP contribution is 2.48. The van der Waals surface area contributed by atoms with Gasteiger partial charge in [0.25, 0.3) is 11.8 Å². The van der Waals surface area contributed by atoms with Crippen LogP contribution in [0.15, 0.2) is 72.8 Å². The molecule has 0 spiro atoms. The molecule has 10 heteroatoms. The summed E-state index contributed by atoms with van der Waals surface area (Å²) >= 11 is 0. The minimum Gasteiger partial charge on any atom is -0.428 e. The van der Waals surface area contributed by atoms with Gasteiger partial charge in [0.2, 0.25) is 0 Å². The number of ether oxygens (including phenoxy) is 4. The van der Waals surface area contributed by atoms with E-state index in [1.54, 1.807) is 102 Å². The molecule has 226 valence electrons. The van der Waals surface area contributed by atoms with Gasteiger partial charge in [0.05, 0.1) is 11.1 Å². The van der Waals surface area contributed by atoms with Gasteiger partial charge in [0, 0.05) is 22.3 Å². The fourth-order valence-electron chi connectivity index (χ4n) is 4.98. The predicted molar refractivity (Wildman–Crippen MR) is 161 cm³/mol. The van der Waals surface area contributed by atoms with E-state index < -0.39 is 35.3 Å². The molecule has 0 aromatic heterocycles. The molecule has 10 nitrogen and oxygen atoms in total. The number of nitrogens with zero attached hydrogens (tertiary/aromatic N) is 1. The molecule has 0 aliphatic carbocycles. The van der Waals surface area contributed by atoms with E-state index in [4.69, 9.17) is 18.9 Å². The van der Waals surface area contributed by atoms with Gasteiger partial charge in [-0.3, -0.25) is 14.8 Å². The number of hydroxylamine groups is 2. The van der Waals surface area contributed by atoms with Gasteiger partial charge in [-0.15, -0.1) is 5.06 Å². The second kappa shape index (κ2) is 11.1. The molecule has 0 saturated heterocycles. The van der Waals surface area contributed by atoms with Gasteiger partial charge in [-0.05, 0) is 64.4 Å². The van der Waals surface area contributed by atoms with E-state index in [2.05, 4.69) is 0 Å². The standard InChI is InChI=1S/C34H31NO9/c1-33(2,3)43-31(38)41-23-17-11-9-15-21(23)25-19-13-7-8-14-20(19)26(28-27(25)29(36)35(40)30(28)37)22-16-10-12-18-24(22)42-32(39)44-34(4,5)6/h7-18,40H,1-6H3. The van der Waals surface area contributed by atoms with Crippen LogP contribution in [0.25, 0.3) is 33.0 Å². The molecule has 1 N–H and O–H groups in total. The van der Waals surface area contributed by atoms with Crippen molar-refractivity contribution in [3.05, 3.63) is 83.9 Å². The van der Waals surface area contributed by atoms with Gasteiger partial charge in [-0.2, -0.15) is 0 Å². The second-order valence-corrected chi connectivity index (χ2v) is 12.1. The van der Waals surface area contributed by atoms with E-state index in [1.807, 2.05) is 0 Å². The average molecular weight is 598 g/mol. The van der Waals surface area contributed by atoms with Gasteiger partial charge in [0.15, 0.2) is 0 Å². The molecule has 44 heavy (non-hydrogen) atoms. The maximum Gasteiger partial charge on any atom is 0.514 e. The fraction of sp³-hybridized carbons (Fsp3) is 0.235. The maximum absolute atomic E-state index is 13.6. The van der Waals surface area contributed by atoms with Crippen LogP contribution in [-0.2, 0) is 9.47 Å². The topological polar surface area (TPSA) is 129 Å². The lowest BCUT2D eigenvalue weighted by molar-refractivity contribution is -0.0326. The summed E-state index contributed by atoms with van der Waals surface area (Å²) in [6.07, 6.45) is -1.91. The molecular weight excluding hydrogens is 566 g/mol. The van der Waals surface area contributed by atoms with Crippen molar-refractivity contribution in [2.24, 2.45) is 0 Å². The number of rotatable bonds is 4. The molecule has 0 unspecified atom stereocenters. The van der Waals surface area contributed by atoms with Gasteiger partial charge >= 0.3 is 12.3 Å². The molecule has 2 amide bonds. The lowest BCUT2D eigenvalue weighted by Crippen LogP contribution is -2.26. The van der Waals surface area contributed by atoms with E-state index in [-0.39, 0.29) is 38.8 Å². The summed E-state index contributed by atoms with van der Waals surface area (Å²) < 4.78 is 21.8. The number of fused-ring (bicyclic) bond motifs is 2. The Balaban J connectivity index is 1.79. The third-order valence-electron chi connectivity index (χ3n) is 6.51. The molecule has 4 aromatic rings. The van der Waals surface area contributed by atoms with Crippen LogP contribution in [0.4, 0.5) is 9.59 Å². The Hall–Kier alpha value is -5.22. The number of hydrogen-bond acceptors (Lipinski definition) is 9. The quantitative estimate of drug-likeness (QED) is 0.108. The van der Waals surface area contributed by atoms with Crippen molar-refractivity contribution < 1.29 is 43.3 Å². The van der Waals surface area contributed by atoms with Gasteiger partial charge in [0.1, 0.15) is 22.7 Å². The lowest BCUT2D eigenvalue weighted by Gasteiger charge is -2.22. The van der Waals surface area contributed by atoms with E-state index >= 15 is 0 Å². The summed E-state index contributed by atoms with van der Waals surface area (Å²) in [6, 6.07) is 20.0. The zero-order valence-corrected chi connectivity index (χ0v) is 25.1. The Bertz CT molecular complexity index is 1700. The van der Waals surface area contributed by atoms with E-state index in [0.717, 1.165) is 0 Å². The normalized spacial score (nSPS) is 13.1. The Morgan fingerprint density at radius 3 is 1.27 bits per heavy atom. The van der Waals surface area contributed by atoms with Crippen LogP contribution in [-0.4, -0.2) is 45.6 Å². The first-order chi connectivity index (χ1) is 20.7. The zero-order valence-electron chi connectivity index (χ0n) is 25.1. The number of benzene rings is 4. The number of carbonyl (C=O) groups is 4. The Kier molecular flexibility index (Phi) is 7.65. The summed E-state index contributed by atoms with van der Waals surface area (Å²) in [6.45, 7) is 10.2. The lowest BCUT2D eigenvalue weighted by atomic mass is 9.84. The predicted octanol–water partition coefficient (Wildman–Crippen LogP) is 7.79. The molecule has 1 aliphatic rings. The van der Waals surface area contributed by atoms with Crippen LogP contribution in [0.5, 0.6) is 11.5 Å². The first-order valence-corrected chi connectivity index (χ1v) is 13.8. The van der Waals surface area contributed by atoms with Crippen LogP contribution < -0.4 is 9.47 Å². The highest BCUT2D eigenvalue weighted by Gasteiger charge is 2.42. The SMILES string of the molecule is CC(C)(C)OC(=O)Oc1ccccc1-c1c2c(c(-c3ccccc3OC(=O)OC(C)(C)C)c3ccccc13)C(=O)N(O)C2=O. The summed E-state index contributed by atoms with van der Waals surface area (Å²) in [4.78, 5) is 52.5. The summed E-state index contributed by atoms with van der Waals surface area (Å²) in [5, 5.41) is 11.7. The molecule has 1 aliphatic heterocycles. The van der Waals surface area contributed by atoms with Crippen molar-refractivity contribution in [3.8, 4) is 33.8 Å². The third-order valence-corrected chi connectivity index (χ3v) is 6.51. The van der Waals surface area contributed by atoms with Crippen molar-refractivity contribution in [3.63, 3.8) is 0 Å². The first kappa shape index (κ1) is 30.2. The summed E-state index contributed by atoms with van der Waals surface area (Å²) in [5.74, 6) is -1.78. The van der Waals surface area contributed by atoms with Crippen LogP contribution in [0.1, 0.15) is 62.3 Å². The van der Waals surface area contributed by atoms with Crippen LogP contribution in [0.3, 0.4) is 0 Å². The monoisotopic (exact) mass is 597 g/mol. The molecule has 4 aromatic carbocycles. The molecule has 1 heterocycles. The smallest absolute Gasteiger partial charge is 0.428 e. The van der Waals surface area contributed by atoms with Crippen molar-refractivity contribution in [2.45, 2.75) is 52.7 Å². The zero-order chi connectivity index (χ0) is 32.0. The summed E-state index contributed by atoms with van der Waals surface area (Å²) in [7, 11) is 0. The minimum atomic E-state index is -0.968. The van der Waals surface area contributed by atoms with Crippen LogP contribution in [0, 0.1) is 0 Å². The van der Waals surface area contributed by atoms with Crippen molar-refractivity contribution in [1.29, 1.82) is 0 Å². The number of carbonyl (C=O) groups excluding carboxylic acids is 4. The van der Waals surface area contributed by atoms with Crippen molar-refractivity contribution >= 4 is 34.9 Å².